The summed E-state index contributed by atoms with van der Waals surface area (Å²) < 4.78 is 42.7. The molecule has 1 aliphatic rings. The molecule has 0 saturated carbocycles. The molecule has 0 spiro atoms. The van der Waals surface area contributed by atoms with Crippen molar-refractivity contribution in [2.24, 2.45) is 0 Å². The SMILES string of the molecule is O=C(N[C@@H]1O[C@H](CO)[C@@H](O)[C@H]1O)c1nc[nH]c1C(F)(F)F. The first-order valence-corrected chi connectivity index (χ1v) is 5.79. The number of rotatable bonds is 3. The molecule has 4 atom stereocenters. The minimum absolute atomic E-state index is 0.624. The third-order valence-electron chi connectivity index (χ3n) is 2.95. The van der Waals surface area contributed by atoms with Gasteiger partial charge in [0.25, 0.3) is 5.91 Å². The Hall–Kier alpha value is -1.69. The van der Waals surface area contributed by atoms with Gasteiger partial charge in [0.05, 0.1) is 12.9 Å². The van der Waals surface area contributed by atoms with E-state index < -0.39 is 54.6 Å². The largest absolute Gasteiger partial charge is 0.433 e. The lowest BCUT2D eigenvalue weighted by molar-refractivity contribution is -0.141. The van der Waals surface area contributed by atoms with E-state index in [0.29, 0.717) is 6.33 Å². The Balaban J connectivity index is 2.11. The second-order valence-corrected chi connectivity index (χ2v) is 4.36. The van der Waals surface area contributed by atoms with Gasteiger partial charge >= 0.3 is 6.18 Å². The molecular weight excluding hydrogens is 299 g/mol. The smallest absolute Gasteiger partial charge is 0.394 e. The molecule has 1 fully saturated rings. The number of ether oxygens (including phenoxy) is 1. The van der Waals surface area contributed by atoms with Gasteiger partial charge in [-0.3, -0.25) is 4.79 Å². The highest BCUT2D eigenvalue weighted by molar-refractivity contribution is 5.93. The lowest BCUT2D eigenvalue weighted by Crippen LogP contribution is -2.44. The number of carbonyl (C=O) groups excluding carboxylic acids is 1. The highest BCUT2D eigenvalue weighted by atomic mass is 19.4. The molecule has 0 aliphatic carbocycles. The molecule has 11 heteroatoms. The van der Waals surface area contributed by atoms with Crippen molar-refractivity contribution in [2.75, 3.05) is 6.61 Å². The zero-order valence-corrected chi connectivity index (χ0v) is 10.3. The molecule has 2 heterocycles. The van der Waals surface area contributed by atoms with Gasteiger partial charge in [-0.1, -0.05) is 0 Å². The Bertz CT molecular complexity index is 520. The van der Waals surface area contributed by atoms with Crippen molar-refractivity contribution >= 4 is 5.91 Å². The van der Waals surface area contributed by atoms with E-state index in [-0.39, 0.29) is 0 Å². The van der Waals surface area contributed by atoms with Crippen LogP contribution in [-0.2, 0) is 10.9 Å². The van der Waals surface area contributed by atoms with Crippen LogP contribution < -0.4 is 5.32 Å². The summed E-state index contributed by atoms with van der Waals surface area (Å²) in [6.45, 7) is -0.624. The predicted molar refractivity (Wildman–Crippen MR) is 58.8 cm³/mol. The van der Waals surface area contributed by atoms with Gasteiger partial charge in [-0.25, -0.2) is 4.98 Å². The number of carbonyl (C=O) groups is 1. The van der Waals surface area contributed by atoms with Gasteiger partial charge in [-0.2, -0.15) is 13.2 Å². The molecule has 118 valence electrons. The number of imidazole rings is 1. The first-order chi connectivity index (χ1) is 9.75. The Morgan fingerprint density at radius 1 is 1.43 bits per heavy atom. The fourth-order valence-corrected chi connectivity index (χ4v) is 1.90. The second kappa shape index (κ2) is 5.60. The summed E-state index contributed by atoms with van der Waals surface area (Å²) in [7, 11) is 0. The zero-order valence-electron chi connectivity index (χ0n) is 10.3. The standard InChI is InChI=1S/C10H12F3N3O5/c11-10(12,13)7-4(14-2-15-7)8(20)16-9-6(19)5(18)3(1-17)21-9/h2-3,5-6,9,17-19H,1H2,(H,14,15)(H,16,20)/t3-,5-,6-,9-/m1/s1. The van der Waals surface area contributed by atoms with Crippen molar-refractivity contribution in [3.05, 3.63) is 17.7 Å². The summed E-state index contributed by atoms with van der Waals surface area (Å²) >= 11 is 0. The third kappa shape index (κ3) is 3.00. The van der Waals surface area contributed by atoms with Gasteiger partial charge in [0.1, 0.15) is 18.3 Å². The number of nitrogens with zero attached hydrogens (tertiary/aromatic N) is 1. The Kier molecular flexibility index (Phi) is 4.18. The van der Waals surface area contributed by atoms with E-state index in [1.165, 1.54) is 0 Å². The van der Waals surface area contributed by atoms with Crippen molar-refractivity contribution in [3.8, 4) is 0 Å². The van der Waals surface area contributed by atoms with Crippen LogP contribution in [0.2, 0.25) is 0 Å². The van der Waals surface area contributed by atoms with Crippen molar-refractivity contribution < 1.29 is 38.0 Å². The van der Waals surface area contributed by atoms with Crippen LogP contribution in [0.5, 0.6) is 0 Å². The maximum Gasteiger partial charge on any atom is 0.433 e. The van der Waals surface area contributed by atoms with Crippen LogP contribution >= 0.6 is 0 Å². The first kappa shape index (κ1) is 15.7. The molecule has 1 amide bonds. The van der Waals surface area contributed by atoms with E-state index in [4.69, 9.17) is 9.84 Å². The normalized spacial score (nSPS) is 29.6. The van der Waals surface area contributed by atoms with Gasteiger partial charge in [-0.15, -0.1) is 0 Å². The zero-order chi connectivity index (χ0) is 15.8. The molecule has 1 saturated heterocycles. The van der Waals surface area contributed by atoms with E-state index in [2.05, 4.69) is 4.98 Å². The first-order valence-electron chi connectivity index (χ1n) is 5.79. The number of alkyl halides is 3. The molecule has 8 nitrogen and oxygen atoms in total. The van der Waals surface area contributed by atoms with Crippen LogP contribution in [0.15, 0.2) is 6.33 Å². The maximum atomic E-state index is 12.6. The third-order valence-corrected chi connectivity index (χ3v) is 2.95. The molecule has 5 N–H and O–H groups in total. The molecule has 2 rings (SSSR count). The summed E-state index contributed by atoms with van der Waals surface area (Å²) in [6, 6.07) is 0. The Morgan fingerprint density at radius 2 is 2.10 bits per heavy atom. The number of halogens is 3. The van der Waals surface area contributed by atoms with Crippen LogP contribution in [0.25, 0.3) is 0 Å². The minimum atomic E-state index is -4.80. The van der Waals surface area contributed by atoms with Crippen LogP contribution in [0.1, 0.15) is 16.2 Å². The van der Waals surface area contributed by atoms with Crippen molar-refractivity contribution in [1.82, 2.24) is 15.3 Å². The average molecular weight is 311 g/mol. The van der Waals surface area contributed by atoms with E-state index in [1.54, 1.807) is 4.98 Å². The van der Waals surface area contributed by atoms with Crippen LogP contribution in [0.3, 0.4) is 0 Å². The molecule has 0 radical (unpaired) electrons. The molecule has 0 bridgehead atoms. The van der Waals surface area contributed by atoms with Crippen LogP contribution in [-0.4, -0.2) is 62.3 Å². The molecule has 0 unspecified atom stereocenters. The molecule has 21 heavy (non-hydrogen) atoms. The second-order valence-electron chi connectivity index (χ2n) is 4.36. The molecule has 0 aromatic carbocycles. The molecule has 1 aliphatic heterocycles. The topological polar surface area (TPSA) is 128 Å². The number of aliphatic hydroxyl groups is 3. The van der Waals surface area contributed by atoms with Gasteiger partial charge in [0, 0.05) is 0 Å². The molecule has 1 aromatic rings. The number of aromatic amines is 1. The lowest BCUT2D eigenvalue weighted by Gasteiger charge is -2.16. The number of aliphatic hydroxyl groups excluding tert-OH is 3. The van der Waals surface area contributed by atoms with Gasteiger partial charge in [-0.05, 0) is 0 Å². The predicted octanol–water partition coefficient (Wildman–Crippen LogP) is -1.40. The highest BCUT2D eigenvalue weighted by Gasteiger charge is 2.44. The number of nitrogens with one attached hydrogen (secondary N) is 2. The van der Waals surface area contributed by atoms with E-state index in [0.717, 1.165) is 0 Å². The lowest BCUT2D eigenvalue weighted by atomic mass is 10.1. The Labute approximate surface area is 115 Å². The van der Waals surface area contributed by atoms with E-state index >= 15 is 0 Å². The van der Waals surface area contributed by atoms with Crippen molar-refractivity contribution in [2.45, 2.75) is 30.7 Å². The molecule has 1 aromatic heterocycles. The average Bonchev–Trinajstić information content (AvgIpc) is 2.99. The van der Waals surface area contributed by atoms with E-state index in [1.807, 2.05) is 5.32 Å². The fourth-order valence-electron chi connectivity index (χ4n) is 1.90. The van der Waals surface area contributed by atoms with E-state index in [9.17, 15) is 28.2 Å². The minimum Gasteiger partial charge on any atom is -0.394 e. The number of H-pyrrole nitrogens is 1. The summed E-state index contributed by atoms with van der Waals surface area (Å²) in [6.07, 6.45) is -9.75. The van der Waals surface area contributed by atoms with Gasteiger partial charge in [0.15, 0.2) is 17.6 Å². The molecular formula is C10H12F3N3O5. The quantitative estimate of drug-likeness (QED) is 0.467. The number of hydrogen-bond donors (Lipinski definition) is 5. The van der Waals surface area contributed by atoms with Gasteiger partial charge < -0.3 is 30.4 Å². The summed E-state index contributed by atoms with van der Waals surface area (Å²) in [5, 5.41) is 29.9. The summed E-state index contributed by atoms with van der Waals surface area (Å²) in [5.41, 5.74) is -2.26. The number of amides is 1. The number of aromatic nitrogens is 2. The summed E-state index contributed by atoms with van der Waals surface area (Å²) in [4.78, 5) is 16.8. The highest BCUT2D eigenvalue weighted by Crippen LogP contribution is 2.29. The van der Waals surface area contributed by atoms with Crippen LogP contribution in [0.4, 0.5) is 13.2 Å². The maximum absolute atomic E-state index is 12.6. The Morgan fingerprint density at radius 3 is 2.62 bits per heavy atom. The summed E-state index contributed by atoms with van der Waals surface area (Å²) in [5.74, 6) is -1.24. The van der Waals surface area contributed by atoms with Crippen molar-refractivity contribution in [1.29, 1.82) is 0 Å². The fraction of sp³-hybridized carbons (Fsp3) is 0.600. The number of hydrogen-bond acceptors (Lipinski definition) is 6. The monoisotopic (exact) mass is 311 g/mol. The van der Waals surface area contributed by atoms with Crippen molar-refractivity contribution in [3.63, 3.8) is 0 Å². The van der Waals surface area contributed by atoms with Crippen LogP contribution in [0, 0.1) is 0 Å². The van der Waals surface area contributed by atoms with Gasteiger partial charge in [0.2, 0.25) is 0 Å².